The summed E-state index contributed by atoms with van der Waals surface area (Å²) in [5.74, 6) is -0.0832. The highest BCUT2D eigenvalue weighted by molar-refractivity contribution is 6.10. The predicted octanol–water partition coefficient (Wildman–Crippen LogP) is 4.21. The number of ether oxygens (including phenoxy) is 2. The Bertz CT molecular complexity index is 1040. The molecule has 0 aromatic heterocycles. The highest BCUT2D eigenvalue weighted by Crippen LogP contribution is 2.27. The van der Waals surface area contributed by atoms with Crippen LogP contribution in [0.1, 0.15) is 24.5 Å². The van der Waals surface area contributed by atoms with Crippen LogP contribution < -0.4 is 15.6 Å². The summed E-state index contributed by atoms with van der Waals surface area (Å²) in [5.41, 5.74) is 1.33. The van der Waals surface area contributed by atoms with Gasteiger partial charge in [0, 0.05) is 26.0 Å². The number of methoxy groups -OCH3 is 2. The van der Waals surface area contributed by atoms with E-state index in [1.165, 1.54) is 38.5 Å². The van der Waals surface area contributed by atoms with Crippen LogP contribution in [-0.2, 0) is 9.59 Å². The molecule has 1 aliphatic rings. The summed E-state index contributed by atoms with van der Waals surface area (Å²) >= 11 is 0. The molecule has 0 aliphatic carbocycles. The first-order valence-electron chi connectivity index (χ1n) is 11.0. The van der Waals surface area contributed by atoms with Gasteiger partial charge >= 0.3 is 0 Å². The molecule has 2 aromatic carbocycles. The van der Waals surface area contributed by atoms with Crippen molar-refractivity contribution in [2.45, 2.75) is 13.3 Å². The van der Waals surface area contributed by atoms with Gasteiger partial charge in [-0.25, -0.2) is 0 Å². The van der Waals surface area contributed by atoms with Crippen LogP contribution in [0.3, 0.4) is 0 Å². The number of carbonyl (C=O) groups is 2. The first kappa shape index (κ1) is 29.8. The lowest BCUT2D eigenvalue weighted by Crippen LogP contribution is -2.21. The van der Waals surface area contributed by atoms with Crippen molar-refractivity contribution in [2.24, 2.45) is 0 Å². The van der Waals surface area contributed by atoms with Crippen molar-refractivity contribution in [2.75, 3.05) is 34.5 Å². The van der Waals surface area contributed by atoms with Gasteiger partial charge in [-0.2, -0.15) is 0 Å². The Morgan fingerprint density at radius 2 is 1.36 bits per heavy atom. The normalized spacial score (nSPS) is 12.3. The van der Waals surface area contributed by atoms with Gasteiger partial charge in [0.25, 0.3) is 0 Å². The van der Waals surface area contributed by atoms with Gasteiger partial charge in [-0.3, -0.25) is 9.59 Å². The molecule has 0 saturated carbocycles. The van der Waals surface area contributed by atoms with Gasteiger partial charge in [0.2, 0.25) is 0 Å². The summed E-state index contributed by atoms with van der Waals surface area (Å²) in [6, 6.07) is 9.34. The van der Waals surface area contributed by atoms with E-state index in [4.69, 9.17) is 9.47 Å². The molecule has 0 atom stereocenters. The average molecular weight is 498 g/mol. The number of phenols is 2. The standard InChI is InChI=1S/C21H20O6.C6H12N2.H3N/c1-26-20-11-14(5-9-18(20)24)3-7-16(22)13-17(23)8-4-15-6-10-19(25)21(12-15)27-2;1-3-8-5-4-7(2)6-8;/h3-12,24-25H,13H2,1-2H3;4-5H,3,6H2,1-2H3;1H3/b7-3+,8-4+;;. The summed E-state index contributed by atoms with van der Waals surface area (Å²) in [5, 5.41) is 19.1. The van der Waals surface area contributed by atoms with E-state index in [9.17, 15) is 19.8 Å². The number of nitrogens with zero attached hydrogens (tertiary/aromatic N) is 2. The molecule has 5 N–H and O–H groups in total. The molecule has 2 aromatic rings. The molecule has 0 radical (unpaired) electrons. The molecule has 9 heteroatoms. The van der Waals surface area contributed by atoms with Gasteiger partial charge in [0.05, 0.1) is 27.3 Å². The fourth-order valence-corrected chi connectivity index (χ4v) is 3.06. The zero-order valence-electron chi connectivity index (χ0n) is 21.2. The molecule has 36 heavy (non-hydrogen) atoms. The van der Waals surface area contributed by atoms with E-state index in [2.05, 4.69) is 36.2 Å². The van der Waals surface area contributed by atoms with Gasteiger partial charge in [-0.05, 0) is 54.5 Å². The third-order valence-electron chi connectivity index (χ3n) is 5.02. The van der Waals surface area contributed by atoms with Crippen LogP contribution in [0, 0.1) is 0 Å². The van der Waals surface area contributed by atoms with Crippen LogP contribution in [-0.4, -0.2) is 66.1 Å². The Labute approximate surface area is 212 Å². The average Bonchev–Trinajstić information content (AvgIpc) is 3.28. The second-order valence-corrected chi connectivity index (χ2v) is 7.74. The van der Waals surface area contributed by atoms with Crippen molar-refractivity contribution in [3.8, 4) is 23.0 Å². The number of ketones is 2. The topological polar surface area (TPSA) is 135 Å². The van der Waals surface area contributed by atoms with Gasteiger partial charge in [-0.1, -0.05) is 24.3 Å². The first-order chi connectivity index (χ1) is 16.7. The SMILES string of the molecule is CCN1C=CN(C)C1.COc1cc(/C=C/C(=O)CC(=O)/C=C/c2ccc(O)c(OC)c2)ccc1O.N. The number of aromatic hydroxyl groups is 2. The monoisotopic (exact) mass is 497 g/mol. The molecule has 1 heterocycles. The van der Waals surface area contributed by atoms with Crippen LogP contribution in [0.15, 0.2) is 61.0 Å². The zero-order valence-corrected chi connectivity index (χ0v) is 21.2. The highest BCUT2D eigenvalue weighted by Gasteiger charge is 2.06. The van der Waals surface area contributed by atoms with Crippen molar-refractivity contribution in [1.82, 2.24) is 16.0 Å². The van der Waals surface area contributed by atoms with Gasteiger partial charge in [0.15, 0.2) is 34.6 Å². The second kappa shape index (κ2) is 14.9. The Morgan fingerprint density at radius 1 is 0.889 bits per heavy atom. The summed E-state index contributed by atoms with van der Waals surface area (Å²) in [4.78, 5) is 28.3. The Balaban J connectivity index is 0.000000611. The van der Waals surface area contributed by atoms with E-state index in [0.717, 1.165) is 13.2 Å². The van der Waals surface area contributed by atoms with E-state index in [1.54, 1.807) is 36.4 Å². The molecule has 0 bridgehead atoms. The number of hydrogen-bond acceptors (Lipinski definition) is 9. The maximum atomic E-state index is 11.9. The smallest absolute Gasteiger partial charge is 0.163 e. The number of benzene rings is 2. The molecule has 0 fully saturated rings. The lowest BCUT2D eigenvalue weighted by Gasteiger charge is -2.14. The van der Waals surface area contributed by atoms with E-state index in [1.807, 2.05) is 0 Å². The van der Waals surface area contributed by atoms with Crippen molar-refractivity contribution in [3.05, 3.63) is 72.1 Å². The molecule has 0 unspecified atom stereocenters. The van der Waals surface area contributed by atoms with E-state index in [-0.39, 0.29) is 35.6 Å². The maximum Gasteiger partial charge on any atom is 0.163 e. The van der Waals surface area contributed by atoms with E-state index in [0.29, 0.717) is 22.6 Å². The number of phenolic OH excluding ortho intramolecular Hbond substituents is 2. The molecule has 9 nitrogen and oxygen atoms in total. The van der Waals surface area contributed by atoms with Gasteiger partial charge < -0.3 is 35.6 Å². The van der Waals surface area contributed by atoms with Crippen LogP contribution in [0.2, 0.25) is 0 Å². The summed E-state index contributed by atoms with van der Waals surface area (Å²) in [6.45, 7) is 4.32. The third-order valence-corrected chi connectivity index (χ3v) is 5.02. The number of hydrogen-bond donors (Lipinski definition) is 3. The van der Waals surface area contributed by atoms with E-state index >= 15 is 0 Å². The molecule has 0 spiro atoms. The maximum absolute atomic E-state index is 11.9. The van der Waals surface area contributed by atoms with Crippen LogP contribution in [0.5, 0.6) is 23.0 Å². The Morgan fingerprint density at radius 3 is 1.69 bits per heavy atom. The van der Waals surface area contributed by atoms with Crippen molar-refractivity contribution in [1.29, 1.82) is 0 Å². The highest BCUT2D eigenvalue weighted by atomic mass is 16.5. The predicted molar refractivity (Wildman–Crippen MR) is 141 cm³/mol. The second-order valence-electron chi connectivity index (χ2n) is 7.74. The lowest BCUT2D eigenvalue weighted by atomic mass is 10.1. The van der Waals surface area contributed by atoms with Crippen LogP contribution in [0.25, 0.3) is 12.2 Å². The van der Waals surface area contributed by atoms with Gasteiger partial charge in [-0.15, -0.1) is 0 Å². The first-order valence-corrected chi connectivity index (χ1v) is 11.0. The largest absolute Gasteiger partial charge is 0.504 e. The third kappa shape index (κ3) is 9.55. The van der Waals surface area contributed by atoms with Crippen LogP contribution in [0.4, 0.5) is 0 Å². The van der Waals surface area contributed by atoms with Gasteiger partial charge in [0.1, 0.15) is 0 Å². The van der Waals surface area contributed by atoms with Crippen molar-refractivity contribution in [3.63, 3.8) is 0 Å². The fourth-order valence-electron chi connectivity index (χ4n) is 3.06. The molecule has 0 saturated heterocycles. The summed E-state index contributed by atoms with van der Waals surface area (Å²) < 4.78 is 10.00. The zero-order chi connectivity index (χ0) is 25.8. The number of allylic oxidation sites excluding steroid dienone is 2. The minimum absolute atomic E-state index is 0. The lowest BCUT2D eigenvalue weighted by molar-refractivity contribution is -0.121. The number of carbonyl (C=O) groups excluding carboxylic acids is 2. The van der Waals surface area contributed by atoms with Crippen molar-refractivity contribution < 1.29 is 29.3 Å². The minimum Gasteiger partial charge on any atom is -0.504 e. The molecule has 194 valence electrons. The van der Waals surface area contributed by atoms with Crippen LogP contribution >= 0.6 is 0 Å². The fraction of sp³-hybridized carbons (Fsp3) is 0.259. The Kier molecular flexibility index (Phi) is 12.3. The molecular weight excluding hydrogens is 462 g/mol. The molecule has 1 aliphatic heterocycles. The quantitative estimate of drug-likeness (QED) is 0.344. The molecule has 0 amide bonds. The summed E-state index contributed by atoms with van der Waals surface area (Å²) in [7, 11) is 4.94. The summed E-state index contributed by atoms with van der Waals surface area (Å²) in [6.07, 6.45) is 9.64. The van der Waals surface area contributed by atoms with E-state index < -0.39 is 0 Å². The van der Waals surface area contributed by atoms with Crippen molar-refractivity contribution >= 4 is 23.7 Å². The minimum atomic E-state index is -0.347. The Hall–Kier alpha value is -4.24. The molecule has 3 rings (SSSR count). The molecular formula is C27H35N3O6. The number of rotatable bonds is 9.